The maximum atomic E-state index is 13.7. The first-order valence-corrected chi connectivity index (χ1v) is 9.42. The van der Waals surface area contributed by atoms with Crippen molar-refractivity contribution in [2.45, 2.75) is 44.6 Å². The first-order valence-electron chi connectivity index (χ1n) is 8.25. The fourth-order valence-corrected chi connectivity index (χ4v) is 3.51. The highest BCUT2D eigenvalue weighted by Gasteiger charge is 2.47. The molecule has 27 heavy (non-hydrogen) atoms. The van der Waals surface area contributed by atoms with Crippen LogP contribution >= 0.6 is 27.5 Å². The van der Waals surface area contributed by atoms with Gasteiger partial charge in [-0.3, -0.25) is 4.79 Å². The number of alkyl halides is 3. The average Bonchev–Trinajstić information content (AvgIpc) is 2.90. The van der Waals surface area contributed by atoms with E-state index in [9.17, 15) is 18.0 Å². The lowest BCUT2D eigenvalue weighted by atomic mass is 9.97. The predicted octanol–water partition coefficient (Wildman–Crippen LogP) is 5.10. The summed E-state index contributed by atoms with van der Waals surface area (Å²) in [6.45, 7) is 3.48. The minimum absolute atomic E-state index is 0.00735. The van der Waals surface area contributed by atoms with Crippen LogP contribution in [0.3, 0.4) is 0 Å². The summed E-state index contributed by atoms with van der Waals surface area (Å²) in [6.07, 6.45) is -4.80. The smallest absolute Gasteiger partial charge is 0.362 e. The molecule has 2 atom stereocenters. The van der Waals surface area contributed by atoms with Crippen LogP contribution < -0.4 is 10.6 Å². The molecule has 1 aliphatic heterocycles. The number of carbonyl (C=O) groups is 1. The molecule has 3 rings (SSSR count). The monoisotopic (exact) mass is 464 g/mol. The van der Waals surface area contributed by atoms with Crippen molar-refractivity contribution in [2.75, 3.05) is 5.32 Å². The molecule has 2 heterocycles. The Hall–Kier alpha value is -1.74. The molecule has 2 N–H and O–H groups in total. The standard InChI is InChI=1S/C17H17BrClF3N4O/c1-8(2)23-16(27)14-13(19)15-24-11(9-3-5-10(18)6-4-9)7-12(17(20,21)22)26(15)25-14/h3-6,8,11-12,24H,7H2,1-2H3,(H,23,27)/t11-,12-/m0/s1. The number of amides is 1. The van der Waals surface area contributed by atoms with Gasteiger partial charge in [-0.2, -0.15) is 18.3 Å². The van der Waals surface area contributed by atoms with Crippen molar-refractivity contribution in [1.29, 1.82) is 0 Å². The summed E-state index contributed by atoms with van der Waals surface area (Å²) in [5.74, 6) is -0.619. The fraction of sp³-hybridized carbons (Fsp3) is 0.412. The molecule has 0 saturated carbocycles. The van der Waals surface area contributed by atoms with Gasteiger partial charge in [0, 0.05) is 16.9 Å². The zero-order valence-electron chi connectivity index (χ0n) is 14.4. The Morgan fingerprint density at radius 2 is 2.00 bits per heavy atom. The first-order chi connectivity index (χ1) is 12.6. The fourth-order valence-electron chi connectivity index (χ4n) is 2.98. The van der Waals surface area contributed by atoms with Gasteiger partial charge in [-0.1, -0.05) is 39.7 Å². The maximum absolute atomic E-state index is 13.7. The number of aromatic nitrogens is 2. The number of hydrogen-bond acceptors (Lipinski definition) is 3. The van der Waals surface area contributed by atoms with Crippen LogP contribution in [0.1, 0.15) is 48.4 Å². The number of nitrogens with zero attached hydrogens (tertiary/aromatic N) is 2. The highest BCUT2D eigenvalue weighted by atomic mass is 79.9. The highest BCUT2D eigenvalue weighted by Crippen LogP contribution is 2.46. The third-order valence-electron chi connectivity index (χ3n) is 4.20. The zero-order valence-corrected chi connectivity index (χ0v) is 16.8. The molecule has 1 amide bonds. The molecular weight excluding hydrogens is 449 g/mol. The molecule has 2 aromatic rings. The van der Waals surface area contributed by atoms with E-state index in [4.69, 9.17) is 11.6 Å². The predicted molar refractivity (Wildman–Crippen MR) is 100 cm³/mol. The Labute approximate surface area is 167 Å². The van der Waals surface area contributed by atoms with Gasteiger partial charge in [-0.15, -0.1) is 0 Å². The summed E-state index contributed by atoms with van der Waals surface area (Å²) in [5.41, 5.74) is 0.461. The van der Waals surface area contributed by atoms with Crippen molar-refractivity contribution < 1.29 is 18.0 Å². The zero-order chi connectivity index (χ0) is 19.9. The van der Waals surface area contributed by atoms with E-state index in [2.05, 4.69) is 31.7 Å². The van der Waals surface area contributed by atoms with Gasteiger partial charge in [0.1, 0.15) is 10.8 Å². The number of rotatable bonds is 3. The van der Waals surface area contributed by atoms with Gasteiger partial charge >= 0.3 is 6.18 Å². The molecule has 0 spiro atoms. The number of fused-ring (bicyclic) bond motifs is 1. The molecular formula is C17H17BrClF3N4O. The molecule has 5 nitrogen and oxygen atoms in total. The molecule has 0 unspecified atom stereocenters. The van der Waals surface area contributed by atoms with Crippen LogP contribution in [0.4, 0.5) is 19.0 Å². The number of nitrogens with one attached hydrogen (secondary N) is 2. The molecule has 0 radical (unpaired) electrons. The molecule has 0 fully saturated rings. The highest BCUT2D eigenvalue weighted by molar-refractivity contribution is 9.10. The van der Waals surface area contributed by atoms with Crippen molar-refractivity contribution in [3.63, 3.8) is 0 Å². The van der Waals surface area contributed by atoms with Gasteiger partial charge in [0.25, 0.3) is 5.91 Å². The summed E-state index contributed by atoms with van der Waals surface area (Å²) in [4.78, 5) is 12.3. The van der Waals surface area contributed by atoms with Crippen molar-refractivity contribution in [1.82, 2.24) is 15.1 Å². The minimum atomic E-state index is -4.54. The summed E-state index contributed by atoms with van der Waals surface area (Å²) in [7, 11) is 0. The summed E-state index contributed by atoms with van der Waals surface area (Å²) in [5, 5.41) is 9.36. The van der Waals surface area contributed by atoms with Gasteiger partial charge < -0.3 is 10.6 Å². The summed E-state index contributed by atoms with van der Waals surface area (Å²) in [6, 6.07) is 4.29. The van der Waals surface area contributed by atoms with Gasteiger partial charge in [0.05, 0.1) is 6.04 Å². The second-order valence-corrected chi connectivity index (χ2v) is 7.92. The van der Waals surface area contributed by atoms with E-state index >= 15 is 0 Å². The molecule has 0 bridgehead atoms. The lowest BCUT2D eigenvalue weighted by Crippen LogP contribution is -2.36. The van der Waals surface area contributed by atoms with Crippen LogP contribution in [-0.4, -0.2) is 27.9 Å². The van der Waals surface area contributed by atoms with Crippen LogP contribution in [0.2, 0.25) is 5.02 Å². The van der Waals surface area contributed by atoms with E-state index < -0.39 is 24.2 Å². The lowest BCUT2D eigenvalue weighted by Gasteiger charge is -2.33. The van der Waals surface area contributed by atoms with Crippen LogP contribution in [0.5, 0.6) is 0 Å². The van der Waals surface area contributed by atoms with Crippen LogP contribution in [0.25, 0.3) is 0 Å². The van der Waals surface area contributed by atoms with E-state index in [0.717, 1.165) is 9.15 Å². The number of hydrogen-bond donors (Lipinski definition) is 2. The van der Waals surface area contributed by atoms with Gasteiger partial charge in [-0.25, -0.2) is 4.68 Å². The summed E-state index contributed by atoms with van der Waals surface area (Å²) >= 11 is 9.54. The van der Waals surface area contributed by atoms with Crippen molar-refractivity contribution in [3.8, 4) is 0 Å². The van der Waals surface area contributed by atoms with Gasteiger partial charge in [0.2, 0.25) is 0 Å². The molecule has 1 aromatic heterocycles. The van der Waals surface area contributed by atoms with Gasteiger partial charge in [-0.05, 0) is 31.5 Å². The topological polar surface area (TPSA) is 59.0 Å². The molecule has 0 aliphatic carbocycles. The molecule has 146 valence electrons. The van der Waals surface area contributed by atoms with E-state index in [0.29, 0.717) is 5.56 Å². The number of carbonyl (C=O) groups excluding carboxylic acids is 1. The number of halogens is 5. The number of anilines is 1. The average molecular weight is 466 g/mol. The third-order valence-corrected chi connectivity index (χ3v) is 5.09. The Balaban J connectivity index is 2.03. The molecule has 10 heteroatoms. The van der Waals surface area contributed by atoms with Crippen molar-refractivity contribution >= 4 is 39.3 Å². The molecule has 1 aromatic carbocycles. The Morgan fingerprint density at radius 1 is 1.37 bits per heavy atom. The second kappa shape index (κ2) is 7.35. The minimum Gasteiger partial charge on any atom is -0.362 e. The Morgan fingerprint density at radius 3 is 2.56 bits per heavy atom. The van der Waals surface area contributed by atoms with E-state index in [1.54, 1.807) is 38.1 Å². The van der Waals surface area contributed by atoms with E-state index in [-0.39, 0.29) is 29.0 Å². The quantitative estimate of drug-likeness (QED) is 0.663. The van der Waals surface area contributed by atoms with Gasteiger partial charge in [0.15, 0.2) is 11.7 Å². The van der Waals surface area contributed by atoms with E-state index in [1.807, 2.05) is 0 Å². The van der Waals surface area contributed by atoms with Crippen LogP contribution in [0.15, 0.2) is 28.7 Å². The number of benzene rings is 1. The molecule has 1 aliphatic rings. The Bertz CT molecular complexity index is 851. The van der Waals surface area contributed by atoms with Crippen LogP contribution in [-0.2, 0) is 0 Å². The first kappa shape index (κ1) is 20.0. The molecule has 0 saturated heterocycles. The second-order valence-electron chi connectivity index (χ2n) is 6.63. The maximum Gasteiger partial charge on any atom is 0.410 e. The largest absolute Gasteiger partial charge is 0.410 e. The normalized spacial score (nSPS) is 19.6. The third kappa shape index (κ3) is 4.08. The van der Waals surface area contributed by atoms with E-state index in [1.165, 1.54) is 0 Å². The SMILES string of the molecule is CC(C)NC(=O)c1nn2c(c1Cl)N[C@H](c1ccc(Br)cc1)C[C@H]2C(F)(F)F. The Kier molecular flexibility index (Phi) is 5.45. The van der Waals surface area contributed by atoms with Crippen molar-refractivity contribution in [2.24, 2.45) is 0 Å². The lowest BCUT2D eigenvalue weighted by molar-refractivity contribution is -0.173. The summed E-state index contributed by atoms with van der Waals surface area (Å²) < 4.78 is 42.7. The van der Waals surface area contributed by atoms with Crippen LogP contribution in [0, 0.1) is 0 Å². The van der Waals surface area contributed by atoms with Crippen molar-refractivity contribution in [3.05, 3.63) is 45.0 Å².